The van der Waals surface area contributed by atoms with Crippen molar-refractivity contribution in [1.82, 2.24) is 4.37 Å². The molecule has 5 nitrogen and oxygen atoms in total. The first-order valence-electron chi connectivity index (χ1n) is 6.84. The average molecular weight is 336 g/mol. The molecule has 1 aromatic rings. The highest BCUT2D eigenvalue weighted by Gasteiger charge is 2.30. The van der Waals surface area contributed by atoms with Gasteiger partial charge in [0, 0.05) is 24.1 Å². The normalized spacial score (nSPS) is 20.3. The second-order valence-electron chi connectivity index (χ2n) is 4.87. The number of sulfone groups is 1. The van der Waals surface area contributed by atoms with Crippen LogP contribution in [0.3, 0.4) is 0 Å². The van der Waals surface area contributed by atoms with E-state index in [1.165, 1.54) is 11.5 Å². The summed E-state index contributed by atoms with van der Waals surface area (Å²) in [6, 6.07) is 0. The number of rotatable bonds is 5. The van der Waals surface area contributed by atoms with Crippen molar-refractivity contribution in [2.45, 2.75) is 36.8 Å². The minimum atomic E-state index is -3.33. The van der Waals surface area contributed by atoms with E-state index in [1.54, 1.807) is 0 Å². The molecule has 2 rings (SSSR count). The van der Waals surface area contributed by atoms with Crippen molar-refractivity contribution in [3.8, 4) is 0 Å². The van der Waals surface area contributed by atoms with E-state index in [9.17, 15) is 8.42 Å². The highest BCUT2D eigenvalue weighted by Crippen LogP contribution is 2.37. The van der Waals surface area contributed by atoms with Crippen LogP contribution in [0.1, 0.15) is 26.7 Å². The molecule has 1 aromatic heterocycles. The molecule has 1 unspecified atom stereocenters. The number of thioether (sulfide) groups is 1. The van der Waals surface area contributed by atoms with Crippen molar-refractivity contribution in [3.63, 3.8) is 0 Å². The minimum absolute atomic E-state index is 0.127. The Bertz CT molecular complexity index is 556. The number of aromatic nitrogens is 1. The summed E-state index contributed by atoms with van der Waals surface area (Å²) in [7, 11) is -3.33. The van der Waals surface area contributed by atoms with E-state index in [1.807, 2.05) is 18.7 Å². The lowest BCUT2D eigenvalue weighted by Gasteiger charge is -2.32. The predicted molar refractivity (Wildman–Crippen MR) is 87.6 cm³/mol. The summed E-state index contributed by atoms with van der Waals surface area (Å²) in [5, 5.41) is 1.28. The van der Waals surface area contributed by atoms with Crippen molar-refractivity contribution >= 4 is 44.0 Å². The molecule has 20 heavy (non-hydrogen) atoms. The third-order valence-electron chi connectivity index (χ3n) is 3.32. The Labute approximate surface area is 129 Å². The van der Waals surface area contributed by atoms with Crippen molar-refractivity contribution in [2.75, 3.05) is 35.2 Å². The maximum Gasteiger partial charge on any atom is 0.185 e. The van der Waals surface area contributed by atoms with Gasteiger partial charge in [0.1, 0.15) is 9.90 Å². The maximum atomic E-state index is 12.4. The molecule has 0 aromatic carbocycles. The van der Waals surface area contributed by atoms with Gasteiger partial charge in [0.15, 0.2) is 15.7 Å². The molecule has 8 heteroatoms. The quantitative estimate of drug-likeness (QED) is 0.889. The van der Waals surface area contributed by atoms with Crippen LogP contribution in [0.5, 0.6) is 0 Å². The van der Waals surface area contributed by atoms with Gasteiger partial charge in [0.05, 0.1) is 5.75 Å². The van der Waals surface area contributed by atoms with Crippen molar-refractivity contribution < 1.29 is 8.42 Å². The van der Waals surface area contributed by atoms with Gasteiger partial charge in [-0.3, -0.25) is 0 Å². The van der Waals surface area contributed by atoms with E-state index in [-0.39, 0.29) is 16.5 Å². The molecule has 0 bridgehead atoms. The van der Waals surface area contributed by atoms with Crippen LogP contribution in [-0.2, 0) is 9.84 Å². The van der Waals surface area contributed by atoms with Gasteiger partial charge in [0.25, 0.3) is 0 Å². The van der Waals surface area contributed by atoms with E-state index in [0.717, 1.165) is 30.3 Å². The van der Waals surface area contributed by atoms with Gasteiger partial charge in [-0.15, -0.1) is 0 Å². The zero-order valence-corrected chi connectivity index (χ0v) is 14.3. The van der Waals surface area contributed by atoms with Crippen LogP contribution in [0.15, 0.2) is 4.90 Å². The summed E-state index contributed by atoms with van der Waals surface area (Å²) in [6.45, 7) is 5.75. The summed E-state index contributed by atoms with van der Waals surface area (Å²) in [4.78, 5) is 2.40. The zero-order valence-electron chi connectivity index (χ0n) is 11.8. The van der Waals surface area contributed by atoms with E-state index in [2.05, 4.69) is 16.2 Å². The SMILES string of the molecule is CCCS(=O)(=O)c1c(N)nsc1N1CCSC(CC)C1. The molecule has 0 radical (unpaired) electrons. The molecule has 2 N–H and O–H groups in total. The van der Waals surface area contributed by atoms with Crippen LogP contribution < -0.4 is 10.6 Å². The number of nitrogens with zero attached hydrogens (tertiary/aromatic N) is 2. The molecule has 0 aliphatic carbocycles. The molecule has 0 saturated carbocycles. The van der Waals surface area contributed by atoms with Gasteiger partial charge in [-0.25, -0.2) is 8.42 Å². The lowest BCUT2D eigenvalue weighted by Crippen LogP contribution is -2.37. The van der Waals surface area contributed by atoms with Crippen LogP contribution in [0, 0.1) is 0 Å². The van der Waals surface area contributed by atoms with E-state index >= 15 is 0 Å². The van der Waals surface area contributed by atoms with Crippen molar-refractivity contribution in [3.05, 3.63) is 0 Å². The second-order valence-corrected chi connectivity index (χ2v) is 9.07. The fraction of sp³-hybridized carbons (Fsp3) is 0.750. The Morgan fingerprint density at radius 1 is 1.45 bits per heavy atom. The van der Waals surface area contributed by atoms with Gasteiger partial charge in [-0.2, -0.15) is 16.1 Å². The third-order valence-corrected chi connectivity index (χ3v) is 7.72. The largest absolute Gasteiger partial charge is 0.382 e. The number of hydrogen-bond acceptors (Lipinski definition) is 7. The van der Waals surface area contributed by atoms with Gasteiger partial charge in [-0.05, 0) is 24.4 Å². The topological polar surface area (TPSA) is 76.3 Å². The molecule has 2 heterocycles. The fourth-order valence-electron chi connectivity index (χ4n) is 2.30. The highest BCUT2D eigenvalue weighted by molar-refractivity contribution is 8.00. The third kappa shape index (κ3) is 3.23. The van der Waals surface area contributed by atoms with Crippen LogP contribution in [0.2, 0.25) is 0 Å². The van der Waals surface area contributed by atoms with Gasteiger partial charge in [0.2, 0.25) is 0 Å². The maximum absolute atomic E-state index is 12.4. The highest BCUT2D eigenvalue weighted by atomic mass is 32.2. The monoisotopic (exact) mass is 335 g/mol. The standard InChI is InChI=1S/C12H21N3O2S3/c1-3-7-20(16,17)10-11(13)14-19-12(10)15-5-6-18-9(4-2)8-15/h9H,3-8H2,1-2H3,(H2,13,14). The number of anilines is 2. The van der Waals surface area contributed by atoms with E-state index < -0.39 is 9.84 Å². The van der Waals surface area contributed by atoms with Crippen molar-refractivity contribution in [2.24, 2.45) is 0 Å². The molecule has 1 atom stereocenters. The van der Waals surface area contributed by atoms with E-state index in [4.69, 9.17) is 5.73 Å². The number of nitrogens with two attached hydrogens (primary N) is 1. The molecule has 114 valence electrons. The Balaban J connectivity index is 2.34. The second kappa shape index (κ2) is 6.53. The van der Waals surface area contributed by atoms with Crippen molar-refractivity contribution in [1.29, 1.82) is 0 Å². The molecule has 1 aliphatic rings. The molecule has 0 amide bonds. The fourth-order valence-corrected chi connectivity index (χ4v) is 6.28. The number of nitrogen functional groups attached to an aromatic ring is 1. The predicted octanol–water partition coefficient (Wildman–Crippen LogP) is 2.24. The zero-order chi connectivity index (χ0) is 14.8. The number of hydrogen-bond donors (Lipinski definition) is 1. The summed E-state index contributed by atoms with van der Waals surface area (Å²) >= 11 is 3.16. The Morgan fingerprint density at radius 2 is 2.20 bits per heavy atom. The first kappa shape index (κ1) is 15.9. The Morgan fingerprint density at radius 3 is 2.85 bits per heavy atom. The van der Waals surface area contributed by atoms with Gasteiger partial charge >= 0.3 is 0 Å². The molecular formula is C12H21N3O2S3. The first-order chi connectivity index (χ1) is 9.49. The molecule has 1 saturated heterocycles. The van der Waals surface area contributed by atoms with Crippen LogP contribution in [0.4, 0.5) is 10.8 Å². The van der Waals surface area contributed by atoms with Gasteiger partial charge < -0.3 is 10.6 Å². The van der Waals surface area contributed by atoms with E-state index in [0.29, 0.717) is 11.7 Å². The lowest BCUT2D eigenvalue weighted by molar-refractivity contribution is 0.594. The first-order valence-corrected chi connectivity index (χ1v) is 10.3. The average Bonchev–Trinajstić information content (AvgIpc) is 2.81. The minimum Gasteiger partial charge on any atom is -0.382 e. The molecular weight excluding hydrogens is 314 g/mol. The summed E-state index contributed by atoms with van der Waals surface area (Å²) in [6.07, 6.45) is 1.68. The Hall–Kier alpha value is -0.470. The summed E-state index contributed by atoms with van der Waals surface area (Å²) < 4.78 is 28.8. The Kier molecular flexibility index (Phi) is 5.19. The van der Waals surface area contributed by atoms with Crippen LogP contribution in [0.25, 0.3) is 0 Å². The van der Waals surface area contributed by atoms with Crippen LogP contribution in [-0.4, -0.2) is 42.6 Å². The van der Waals surface area contributed by atoms with Crippen LogP contribution >= 0.6 is 23.3 Å². The van der Waals surface area contributed by atoms with Gasteiger partial charge in [-0.1, -0.05) is 13.8 Å². The molecule has 0 spiro atoms. The summed E-state index contributed by atoms with van der Waals surface area (Å²) in [5.41, 5.74) is 5.82. The molecule has 1 fully saturated rings. The lowest BCUT2D eigenvalue weighted by atomic mass is 10.3. The smallest absolute Gasteiger partial charge is 0.185 e. The molecule has 1 aliphatic heterocycles. The summed E-state index contributed by atoms with van der Waals surface area (Å²) in [5.74, 6) is 1.30.